The van der Waals surface area contributed by atoms with Crippen LogP contribution in [-0.2, 0) is 6.54 Å². The summed E-state index contributed by atoms with van der Waals surface area (Å²) in [6.07, 6.45) is 10.3. The van der Waals surface area contributed by atoms with E-state index in [-0.39, 0.29) is 0 Å². The molecule has 1 aromatic heterocycles. The largest absolute Gasteiger partial charge is 0.338 e. The topological polar surface area (TPSA) is 7.12 Å². The van der Waals surface area contributed by atoms with Gasteiger partial charge in [-0.15, -0.1) is 0 Å². The molecule has 5 rings (SSSR count). The van der Waals surface area contributed by atoms with Crippen LogP contribution >= 0.6 is 23.1 Å². The van der Waals surface area contributed by atoms with E-state index in [1.165, 1.54) is 80.1 Å². The maximum Gasteiger partial charge on any atom is 0.265 e. The van der Waals surface area contributed by atoms with Gasteiger partial charge in [-0.2, -0.15) is 4.57 Å². The molecular formula is C28H31N2S2+. The van der Waals surface area contributed by atoms with Crippen molar-refractivity contribution in [2.45, 2.75) is 56.9 Å². The van der Waals surface area contributed by atoms with Crippen LogP contribution in [0, 0.1) is 0 Å². The van der Waals surface area contributed by atoms with Crippen molar-refractivity contribution in [3.63, 3.8) is 0 Å². The van der Waals surface area contributed by atoms with E-state index < -0.39 is 0 Å². The molecule has 0 unspecified atom stereocenters. The number of fused-ring (bicyclic) bond motifs is 4. The van der Waals surface area contributed by atoms with Gasteiger partial charge in [0.25, 0.3) is 5.01 Å². The lowest BCUT2D eigenvalue weighted by Crippen LogP contribution is -2.35. The first-order valence-electron chi connectivity index (χ1n) is 11.8. The predicted octanol–water partition coefficient (Wildman–Crippen LogP) is 8.24. The number of anilines is 1. The highest BCUT2D eigenvalue weighted by Crippen LogP contribution is 2.45. The van der Waals surface area contributed by atoms with Crippen LogP contribution in [0.15, 0.2) is 70.6 Å². The van der Waals surface area contributed by atoms with Crippen LogP contribution in [0.25, 0.3) is 27.1 Å². The molecule has 164 valence electrons. The van der Waals surface area contributed by atoms with E-state index in [0.29, 0.717) is 0 Å². The van der Waals surface area contributed by atoms with Crippen molar-refractivity contribution in [2.75, 3.05) is 11.9 Å². The van der Waals surface area contributed by atoms with E-state index >= 15 is 0 Å². The summed E-state index contributed by atoms with van der Waals surface area (Å²) in [5, 5.41) is 5.35. The average molecular weight is 460 g/mol. The van der Waals surface area contributed by atoms with Gasteiger partial charge in [-0.05, 0) is 36.1 Å². The van der Waals surface area contributed by atoms with Crippen LogP contribution in [0.1, 0.15) is 50.5 Å². The predicted molar refractivity (Wildman–Crippen MR) is 142 cm³/mol. The molecule has 0 saturated heterocycles. The fraction of sp³-hybridized carbons (Fsp3) is 0.321. The first-order valence-corrected chi connectivity index (χ1v) is 13.5. The summed E-state index contributed by atoms with van der Waals surface area (Å²) in [6.45, 7) is 3.37. The number of hydrogen-bond acceptors (Lipinski definition) is 3. The Bertz CT molecular complexity index is 1270. The third-order valence-electron chi connectivity index (χ3n) is 6.37. The summed E-state index contributed by atoms with van der Waals surface area (Å²) in [6, 6.07) is 22.1. The zero-order valence-electron chi connectivity index (χ0n) is 19.0. The van der Waals surface area contributed by atoms with Gasteiger partial charge < -0.3 is 4.90 Å². The molecule has 0 spiro atoms. The number of benzene rings is 3. The second-order valence-electron chi connectivity index (χ2n) is 8.60. The Labute approximate surface area is 199 Å². The number of hydrogen-bond donors (Lipinski definition) is 0. The molecule has 4 aromatic rings. The fourth-order valence-electron chi connectivity index (χ4n) is 4.61. The zero-order valence-corrected chi connectivity index (χ0v) is 20.6. The lowest BCUT2D eigenvalue weighted by molar-refractivity contribution is -0.668. The summed E-state index contributed by atoms with van der Waals surface area (Å²) in [5.41, 5.74) is 2.70. The van der Waals surface area contributed by atoms with E-state index in [9.17, 15) is 0 Å². The van der Waals surface area contributed by atoms with Crippen molar-refractivity contribution in [2.24, 2.45) is 0 Å². The van der Waals surface area contributed by atoms with Crippen LogP contribution in [0.4, 0.5) is 5.69 Å². The quantitative estimate of drug-likeness (QED) is 0.193. The Balaban J connectivity index is 1.52. The molecule has 2 heterocycles. The zero-order chi connectivity index (χ0) is 21.9. The van der Waals surface area contributed by atoms with Crippen molar-refractivity contribution in [3.8, 4) is 0 Å². The first-order chi connectivity index (χ1) is 15.8. The van der Waals surface area contributed by atoms with Gasteiger partial charge >= 0.3 is 0 Å². The van der Waals surface area contributed by atoms with Crippen LogP contribution in [-0.4, -0.2) is 7.05 Å². The molecule has 0 bridgehead atoms. The number of aromatic nitrogens is 1. The molecule has 4 heteroatoms. The maximum absolute atomic E-state index is 2.59. The average Bonchev–Trinajstić information content (AvgIpc) is 3.34. The third-order valence-corrected chi connectivity index (χ3v) is 8.63. The molecule has 2 nitrogen and oxygen atoms in total. The molecule has 32 heavy (non-hydrogen) atoms. The molecule has 1 aliphatic rings. The summed E-state index contributed by atoms with van der Waals surface area (Å²) in [7, 11) is 2.19. The highest BCUT2D eigenvalue weighted by molar-refractivity contribution is 8.03. The van der Waals surface area contributed by atoms with Crippen LogP contribution < -0.4 is 9.47 Å². The number of para-hydroxylation sites is 1. The summed E-state index contributed by atoms with van der Waals surface area (Å²) in [5.74, 6) is 0. The molecule has 0 amide bonds. The summed E-state index contributed by atoms with van der Waals surface area (Å²) in [4.78, 5) is 3.67. The lowest BCUT2D eigenvalue weighted by Gasteiger charge is -2.12. The Morgan fingerprint density at radius 2 is 1.66 bits per heavy atom. The van der Waals surface area contributed by atoms with Gasteiger partial charge in [-0.1, -0.05) is 92.1 Å². The molecule has 0 atom stereocenters. The molecule has 0 fully saturated rings. The maximum atomic E-state index is 2.59. The van der Waals surface area contributed by atoms with E-state index in [0.717, 1.165) is 6.54 Å². The minimum absolute atomic E-state index is 1.08. The summed E-state index contributed by atoms with van der Waals surface area (Å²) >= 11 is 3.80. The van der Waals surface area contributed by atoms with E-state index in [2.05, 4.69) is 90.2 Å². The van der Waals surface area contributed by atoms with Gasteiger partial charge in [0.15, 0.2) is 6.54 Å². The molecular weight excluding hydrogens is 428 g/mol. The third kappa shape index (κ3) is 4.18. The minimum atomic E-state index is 1.08. The number of thiazole rings is 1. The monoisotopic (exact) mass is 459 g/mol. The van der Waals surface area contributed by atoms with E-state index in [1.807, 2.05) is 23.1 Å². The van der Waals surface area contributed by atoms with Crippen LogP contribution in [0.5, 0.6) is 0 Å². The Kier molecular flexibility index (Phi) is 6.52. The number of thioether (sulfide) groups is 1. The highest BCUT2D eigenvalue weighted by Gasteiger charge is 2.26. The molecule has 3 aromatic carbocycles. The van der Waals surface area contributed by atoms with Crippen LogP contribution in [0.3, 0.4) is 0 Å². The number of nitrogens with zero attached hydrogens (tertiary/aromatic N) is 2. The Morgan fingerprint density at radius 1 is 0.875 bits per heavy atom. The smallest absolute Gasteiger partial charge is 0.265 e. The van der Waals surface area contributed by atoms with Gasteiger partial charge in [-0.25, -0.2) is 0 Å². The van der Waals surface area contributed by atoms with Crippen molar-refractivity contribution in [1.82, 2.24) is 0 Å². The fourth-order valence-corrected chi connectivity index (χ4v) is 6.91. The van der Waals surface area contributed by atoms with Crippen LogP contribution in [0.2, 0.25) is 0 Å². The second-order valence-corrected chi connectivity index (χ2v) is 10.7. The molecule has 0 N–H and O–H groups in total. The molecule has 1 aliphatic heterocycles. The SMILES string of the molecule is CCCCCCCC[n+]1c(C=C2Sc3ccccc3N2C)sc2ccc3ccccc3c21. The van der Waals surface area contributed by atoms with Gasteiger partial charge in [-0.3, -0.25) is 0 Å². The van der Waals surface area contributed by atoms with Gasteiger partial charge in [0, 0.05) is 18.4 Å². The van der Waals surface area contributed by atoms with E-state index in [1.54, 1.807) is 0 Å². The summed E-state index contributed by atoms with van der Waals surface area (Å²) < 4.78 is 3.97. The second kappa shape index (κ2) is 9.68. The van der Waals surface area contributed by atoms with Crippen molar-refractivity contribution < 1.29 is 4.57 Å². The Hall–Kier alpha value is -2.30. The first kappa shape index (κ1) is 21.5. The standard InChI is InChI=1S/C28H31N2S2/c1-3-4-5-6-7-12-19-30-27(20-26-29(2)23-15-10-11-16-24(23)31-26)32-25-18-17-21-13-8-9-14-22(21)28(25)30/h8-11,13-18,20H,3-7,12,19H2,1-2H3/q+1. The minimum Gasteiger partial charge on any atom is -0.338 e. The van der Waals surface area contributed by atoms with Crippen molar-refractivity contribution >= 4 is 55.9 Å². The number of rotatable bonds is 8. The van der Waals surface area contributed by atoms with E-state index in [4.69, 9.17) is 0 Å². The molecule has 0 radical (unpaired) electrons. The normalized spacial score (nSPS) is 14.7. The number of unbranched alkanes of at least 4 members (excludes halogenated alkanes) is 5. The van der Waals surface area contributed by atoms with Crippen molar-refractivity contribution in [3.05, 3.63) is 70.7 Å². The Morgan fingerprint density at radius 3 is 2.53 bits per heavy atom. The highest BCUT2D eigenvalue weighted by atomic mass is 32.2. The molecule has 0 saturated carbocycles. The van der Waals surface area contributed by atoms with Gasteiger partial charge in [0.2, 0.25) is 5.52 Å². The van der Waals surface area contributed by atoms with Gasteiger partial charge in [0.1, 0.15) is 4.70 Å². The van der Waals surface area contributed by atoms with Crippen molar-refractivity contribution in [1.29, 1.82) is 0 Å². The molecule has 0 aliphatic carbocycles. The number of aryl methyl sites for hydroxylation is 1. The lowest BCUT2D eigenvalue weighted by atomic mass is 10.1. The van der Waals surface area contributed by atoms with Gasteiger partial charge in [0.05, 0.1) is 22.2 Å².